The molecule has 0 unspecified atom stereocenters. The van der Waals surface area contributed by atoms with E-state index in [9.17, 15) is 0 Å². The second kappa shape index (κ2) is 6.61. The quantitative estimate of drug-likeness (QED) is 0.624. The van der Waals surface area contributed by atoms with Gasteiger partial charge in [0, 0.05) is 34.7 Å². The molecule has 0 radical (unpaired) electrons. The minimum Gasteiger partial charge on any atom is -0.351 e. The molecule has 1 aliphatic carbocycles. The Kier molecular flexibility index (Phi) is 4.59. The Hall–Kier alpha value is -1.35. The molecule has 0 bridgehead atoms. The third-order valence-corrected chi connectivity index (χ3v) is 4.82. The predicted octanol–water partition coefficient (Wildman–Crippen LogP) is 5.81. The molecular formula is C18H21BrN2. The molecular weight excluding hydrogens is 324 g/mol. The lowest BCUT2D eigenvalue weighted by Crippen LogP contribution is -2.10. The molecule has 1 saturated carbocycles. The first-order valence-corrected chi connectivity index (χ1v) is 8.49. The molecule has 1 aromatic heterocycles. The summed E-state index contributed by atoms with van der Waals surface area (Å²) in [5.41, 5.74) is 3.39. The van der Waals surface area contributed by atoms with Crippen LogP contribution in [0.2, 0.25) is 0 Å². The van der Waals surface area contributed by atoms with Gasteiger partial charge in [0.25, 0.3) is 0 Å². The molecule has 2 nitrogen and oxygen atoms in total. The molecule has 0 spiro atoms. The van der Waals surface area contributed by atoms with Crippen molar-refractivity contribution in [3.05, 3.63) is 52.3 Å². The summed E-state index contributed by atoms with van der Waals surface area (Å²) in [5.74, 6) is 0. The summed E-state index contributed by atoms with van der Waals surface area (Å²) < 4.78 is 3.41. The molecule has 3 rings (SSSR count). The van der Waals surface area contributed by atoms with Gasteiger partial charge in [-0.15, -0.1) is 0 Å². The maximum absolute atomic E-state index is 4.59. The van der Waals surface area contributed by atoms with Crippen LogP contribution in [0, 0.1) is 6.92 Å². The summed E-state index contributed by atoms with van der Waals surface area (Å²) in [5, 5.41) is 0. The van der Waals surface area contributed by atoms with Gasteiger partial charge in [0.2, 0.25) is 0 Å². The molecule has 1 aliphatic rings. The van der Waals surface area contributed by atoms with Gasteiger partial charge in [-0.1, -0.05) is 25.3 Å². The van der Waals surface area contributed by atoms with E-state index in [1.165, 1.54) is 43.2 Å². The van der Waals surface area contributed by atoms with Gasteiger partial charge in [-0.3, -0.25) is 4.99 Å². The van der Waals surface area contributed by atoms with Crippen LogP contribution in [0.25, 0.3) is 0 Å². The number of hydrogen-bond acceptors (Lipinski definition) is 1. The molecule has 0 N–H and O–H groups in total. The molecule has 21 heavy (non-hydrogen) atoms. The van der Waals surface area contributed by atoms with Gasteiger partial charge in [-0.05, 0) is 59.5 Å². The van der Waals surface area contributed by atoms with Crippen molar-refractivity contribution in [1.82, 2.24) is 4.57 Å². The third kappa shape index (κ3) is 3.65. The number of hydrogen-bond donors (Lipinski definition) is 0. The first-order chi connectivity index (χ1) is 10.2. The monoisotopic (exact) mass is 344 g/mol. The van der Waals surface area contributed by atoms with Gasteiger partial charge in [0.1, 0.15) is 0 Å². The smallest absolute Gasteiger partial charge is 0.0772 e. The normalized spacial score (nSPS) is 16.7. The molecule has 0 amide bonds. The highest BCUT2D eigenvalue weighted by atomic mass is 79.9. The zero-order chi connectivity index (χ0) is 14.7. The number of benzene rings is 1. The summed E-state index contributed by atoms with van der Waals surface area (Å²) in [7, 11) is 0. The van der Waals surface area contributed by atoms with Crippen LogP contribution in [0.4, 0.5) is 5.69 Å². The Bertz CT molecular complexity index is 636. The van der Waals surface area contributed by atoms with Crippen molar-refractivity contribution in [3.8, 4) is 0 Å². The minimum atomic E-state index is 0.687. The highest BCUT2D eigenvalue weighted by Gasteiger charge is 2.14. The number of aliphatic imine (C=N–C) groups is 1. The molecule has 0 aliphatic heterocycles. The molecule has 2 aromatic rings. The Morgan fingerprint density at radius 2 is 2.00 bits per heavy atom. The van der Waals surface area contributed by atoms with Crippen LogP contribution >= 0.6 is 15.9 Å². The largest absolute Gasteiger partial charge is 0.351 e. The van der Waals surface area contributed by atoms with Crippen LogP contribution in [-0.4, -0.2) is 10.8 Å². The van der Waals surface area contributed by atoms with E-state index in [1.54, 1.807) is 0 Å². The van der Waals surface area contributed by atoms with Crippen LogP contribution < -0.4 is 0 Å². The second-order valence-electron chi connectivity index (χ2n) is 5.90. The topological polar surface area (TPSA) is 17.3 Å². The summed E-state index contributed by atoms with van der Waals surface area (Å²) in [4.78, 5) is 4.59. The summed E-state index contributed by atoms with van der Waals surface area (Å²) in [6, 6.07) is 9.07. The van der Waals surface area contributed by atoms with E-state index in [-0.39, 0.29) is 0 Å². The number of halogens is 1. The van der Waals surface area contributed by atoms with Crippen LogP contribution in [-0.2, 0) is 0 Å². The number of aryl methyl sites for hydroxylation is 1. The van der Waals surface area contributed by atoms with E-state index < -0.39 is 0 Å². The Morgan fingerprint density at radius 3 is 2.76 bits per heavy atom. The lowest BCUT2D eigenvalue weighted by atomic mass is 9.95. The van der Waals surface area contributed by atoms with Crippen molar-refractivity contribution in [3.63, 3.8) is 0 Å². The molecule has 110 valence electrons. The first-order valence-electron chi connectivity index (χ1n) is 7.70. The standard InChI is InChI=1S/C18H21BrN2/c1-14-7-8-18(17(19)11-14)20-12-15-9-10-21(13-15)16-5-3-2-4-6-16/h7-13,16H,2-6H2,1H3. The lowest BCUT2D eigenvalue weighted by molar-refractivity contribution is 0.354. The van der Waals surface area contributed by atoms with Crippen molar-refractivity contribution in [2.75, 3.05) is 0 Å². The molecule has 1 aromatic carbocycles. The van der Waals surface area contributed by atoms with Crippen molar-refractivity contribution in [1.29, 1.82) is 0 Å². The molecule has 1 heterocycles. The highest BCUT2D eigenvalue weighted by Crippen LogP contribution is 2.29. The van der Waals surface area contributed by atoms with Crippen LogP contribution in [0.15, 0.2) is 46.1 Å². The van der Waals surface area contributed by atoms with E-state index in [2.05, 4.69) is 63.0 Å². The van der Waals surface area contributed by atoms with E-state index in [0.717, 1.165) is 10.2 Å². The highest BCUT2D eigenvalue weighted by molar-refractivity contribution is 9.10. The van der Waals surface area contributed by atoms with E-state index in [1.807, 2.05) is 12.3 Å². The predicted molar refractivity (Wildman–Crippen MR) is 92.7 cm³/mol. The van der Waals surface area contributed by atoms with E-state index in [0.29, 0.717) is 6.04 Å². The SMILES string of the molecule is Cc1ccc(N=Cc2ccn(C3CCCCC3)c2)c(Br)c1. The Balaban J connectivity index is 1.72. The summed E-state index contributed by atoms with van der Waals surface area (Å²) >= 11 is 3.57. The maximum atomic E-state index is 4.59. The number of nitrogens with zero attached hydrogens (tertiary/aromatic N) is 2. The second-order valence-corrected chi connectivity index (χ2v) is 6.75. The van der Waals surface area contributed by atoms with Crippen LogP contribution in [0.1, 0.15) is 49.3 Å². The molecule has 0 atom stereocenters. The van der Waals surface area contributed by atoms with Crippen molar-refractivity contribution in [2.24, 2.45) is 4.99 Å². The third-order valence-electron chi connectivity index (χ3n) is 4.19. The van der Waals surface area contributed by atoms with Crippen LogP contribution in [0.5, 0.6) is 0 Å². The zero-order valence-corrected chi connectivity index (χ0v) is 14.0. The Labute approximate surface area is 135 Å². The van der Waals surface area contributed by atoms with E-state index in [4.69, 9.17) is 0 Å². The zero-order valence-electron chi connectivity index (χ0n) is 12.4. The maximum Gasteiger partial charge on any atom is 0.0772 e. The van der Waals surface area contributed by atoms with Crippen molar-refractivity contribution < 1.29 is 0 Å². The number of aromatic nitrogens is 1. The van der Waals surface area contributed by atoms with Gasteiger partial charge < -0.3 is 4.57 Å². The summed E-state index contributed by atoms with van der Waals surface area (Å²) in [6.45, 7) is 2.09. The minimum absolute atomic E-state index is 0.687. The fourth-order valence-corrected chi connectivity index (χ4v) is 3.57. The number of rotatable bonds is 3. The van der Waals surface area contributed by atoms with Crippen molar-refractivity contribution >= 4 is 27.8 Å². The molecule has 1 fully saturated rings. The molecule has 3 heteroatoms. The summed E-state index contributed by atoms with van der Waals surface area (Å²) in [6.07, 6.45) is 13.1. The Morgan fingerprint density at radius 1 is 1.19 bits per heavy atom. The fourth-order valence-electron chi connectivity index (χ4n) is 2.97. The lowest BCUT2D eigenvalue weighted by Gasteiger charge is -2.23. The van der Waals surface area contributed by atoms with Gasteiger partial charge in [-0.2, -0.15) is 0 Å². The fraction of sp³-hybridized carbons (Fsp3) is 0.389. The van der Waals surface area contributed by atoms with Crippen LogP contribution in [0.3, 0.4) is 0 Å². The average Bonchev–Trinajstić information content (AvgIpc) is 2.96. The van der Waals surface area contributed by atoms with Gasteiger partial charge in [0.05, 0.1) is 5.69 Å². The van der Waals surface area contributed by atoms with Gasteiger partial charge in [0.15, 0.2) is 0 Å². The average molecular weight is 345 g/mol. The van der Waals surface area contributed by atoms with Crippen molar-refractivity contribution in [2.45, 2.75) is 45.1 Å². The molecule has 0 saturated heterocycles. The van der Waals surface area contributed by atoms with Gasteiger partial charge >= 0.3 is 0 Å². The van der Waals surface area contributed by atoms with Gasteiger partial charge in [-0.25, -0.2) is 0 Å². The first kappa shape index (κ1) is 14.6. The van der Waals surface area contributed by atoms with E-state index >= 15 is 0 Å².